The first-order valence-electron chi connectivity index (χ1n) is 2.22. The zero-order valence-corrected chi connectivity index (χ0v) is 7.41. The molecule has 1 unspecified atom stereocenters. The van der Waals surface area contributed by atoms with Gasteiger partial charge in [0, 0.05) is 12.3 Å². The van der Waals surface area contributed by atoms with Crippen LogP contribution in [0.5, 0.6) is 0 Å². The van der Waals surface area contributed by atoms with E-state index in [2.05, 4.69) is 11.6 Å². The lowest BCUT2D eigenvalue weighted by atomic mass is 10.3. The molecular formula is C4H5Cl2F7-4. The average Bonchev–Trinajstić information content (AvgIpc) is 1.65. The van der Waals surface area contributed by atoms with Gasteiger partial charge in [-0.15, -0.1) is 11.6 Å². The molecular weight excluding hydrogens is 252 g/mol. The SMILES string of the molecule is FC(Cl)C(F)(F)CCCl.[F-].[F-].[F-].[F-]. The molecule has 0 bridgehead atoms. The van der Waals surface area contributed by atoms with Gasteiger partial charge in [0.15, 0.2) is 0 Å². The van der Waals surface area contributed by atoms with Crippen LogP contribution in [0.2, 0.25) is 0 Å². The molecule has 0 aromatic rings. The molecule has 0 fully saturated rings. The smallest absolute Gasteiger partial charge is 0.293 e. The van der Waals surface area contributed by atoms with E-state index in [1.54, 1.807) is 0 Å². The Balaban J connectivity index is -0.0000000533. The van der Waals surface area contributed by atoms with Crippen molar-refractivity contribution >= 4 is 23.2 Å². The topological polar surface area (TPSA) is 0 Å². The van der Waals surface area contributed by atoms with Crippen LogP contribution in [0.3, 0.4) is 0 Å². The van der Waals surface area contributed by atoms with Crippen LogP contribution in [0.4, 0.5) is 13.2 Å². The third-order valence-corrected chi connectivity index (χ3v) is 1.26. The third-order valence-electron chi connectivity index (χ3n) is 0.747. The largest absolute Gasteiger partial charge is 1.00 e. The van der Waals surface area contributed by atoms with Crippen LogP contribution in [-0.2, 0) is 0 Å². The Kier molecular flexibility index (Phi) is 27.2. The fourth-order valence-electron chi connectivity index (χ4n) is 0.235. The Hall–Kier alpha value is 0.0900. The summed E-state index contributed by atoms with van der Waals surface area (Å²) in [5, 5.41) is 0. The summed E-state index contributed by atoms with van der Waals surface area (Å²) in [6, 6.07) is 0. The van der Waals surface area contributed by atoms with Gasteiger partial charge in [-0.05, 0) is 0 Å². The van der Waals surface area contributed by atoms with Crippen molar-refractivity contribution in [2.75, 3.05) is 5.88 Å². The second kappa shape index (κ2) is 12.1. The normalized spacial score (nSPS) is 10.8. The summed E-state index contributed by atoms with van der Waals surface area (Å²) >= 11 is 9.40. The summed E-state index contributed by atoms with van der Waals surface area (Å²) in [6.07, 6.45) is -0.723. The first kappa shape index (κ1) is 29.2. The highest BCUT2D eigenvalue weighted by molar-refractivity contribution is 6.20. The van der Waals surface area contributed by atoms with Gasteiger partial charge in [-0.25, -0.2) is 13.2 Å². The lowest BCUT2D eigenvalue weighted by Gasteiger charge is -2.13. The van der Waals surface area contributed by atoms with Crippen molar-refractivity contribution in [3.63, 3.8) is 0 Å². The van der Waals surface area contributed by atoms with Crippen molar-refractivity contribution in [1.29, 1.82) is 0 Å². The fraction of sp³-hybridized carbons (Fsp3) is 1.00. The molecule has 0 nitrogen and oxygen atoms in total. The van der Waals surface area contributed by atoms with Gasteiger partial charge in [0.25, 0.3) is 5.92 Å². The van der Waals surface area contributed by atoms with Crippen molar-refractivity contribution in [1.82, 2.24) is 0 Å². The molecule has 0 aromatic carbocycles. The Bertz CT molecular complexity index is 88.6. The zero-order valence-electron chi connectivity index (χ0n) is 5.89. The summed E-state index contributed by atoms with van der Waals surface area (Å²) in [5.41, 5.74) is -2.63. The van der Waals surface area contributed by atoms with Gasteiger partial charge in [-0.3, -0.25) is 0 Å². The van der Waals surface area contributed by atoms with Crippen molar-refractivity contribution in [3.8, 4) is 0 Å². The van der Waals surface area contributed by atoms with Gasteiger partial charge in [0.1, 0.15) is 0 Å². The van der Waals surface area contributed by atoms with Crippen LogP contribution in [0.1, 0.15) is 6.42 Å². The second-order valence-electron chi connectivity index (χ2n) is 1.50. The van der Waals surface area contributed by atoms with E-state index >= 15 is 0 Å². The summed E-state index contributed by atoms with van der Waals surface area (Å²) in [4.78, 5) is 0. The van der Waals surface area contributed by atoms with Crippen LogP contribution < -0.4 is 18.8 Å². The number of alkyl halides is 5. The Morgan fingerprint density at radius 3 is 1.46 bits per heavy atom. The number of halogens is 9. The Morgan fingerprint density at radius 2 is 1.38 bits per heavy atom. The molecule has 0 saturated heterocycles. The molecule has 0 aliphatic rings. The van der Waals surface area contributed by atoms with E-state index in [0.29, 0.717) is 0 Å². The highest BCUT2D eigenvalue weighted by Crippen LogP contribution is 2.28. The van der Waals surface area contributed by atoms with Gasteiger partial charge in [0.05, 0.1) is 0 Å². The summed E-state index contributed by atoms with van der Waals surface area (Å²) < 4.78 is 35.5. The summed E-state index contributed by atoms with van der Waals surface area (Å²) in [7, 11) is 0. The first-order valence-corrected chi connectivity index (χ1v) is 3.19. The molecule has 13 heavy (non-hydrogen) atoms. The van der Waals surface area contributed by atoms with Crippen molar-refractivity contribution < 1.29 is 32.0 Å². The van der Waals surface area contributed by atoms with Crippen LogP contribution >= 0.6 is 23.2 Å². The maximum absolute atomic E-state index is 12.0. The highest BCUT2D eigenvalue weighted by Gasteiger charge is 2.37. The molecule has 88 valence electrons. The zero-order chi connectivity index (χ0) is 7.49. The molecule has 0 aliphatic heterocycles. The van der Waals surface area contributed by atoms with Gasteiger partial charge >= 0.3 is 0 Å². The molecule has 9 heteroatoms. The molecule has 0 radical (unpaired) electrons. The van der Waals surface area contributed by atoms with Crippen LogP contribution in [-0.4, -0.2) is 17.4 Å². The number of hydrogen-bond acceptors (Lipinski definition) is 0. The second-order valence-corrected chi connectivity index (χ2v) is 2.26. The molecule has 0 saturated carbocycles. The molecule has 0 amide bonds. The van der Waals surface area contributed by atoms with E-state index in [-0.39, 0.29) is 24.7 Å². The number of rotatable bonds is 3. The Morgan fingerprint density at radius 1 is 1.08 bits per heavy atom. The van der Waals surface area contributed by atoms with Crippen molar-refractivity contribution in [3.05, 3.63) is 0 Å². The van der Waals surface area contributed by atoms with Crippen LogP contribution in [0, 0.1) is 0 Å². The molecule has 0 aliphatic carbocycles. The first-order chi connectivity index (χ1) is 4.00. The minimum absolute atomic E-state index is 0. The standard InChI is InChI=1S/C4H5Cl2F3.4FH/c5-2-1-4(8,9)3(6)7;;;;/h3H,1-2H2;4*1H/p-4. The molecule has 1 atom stereocenters. The average molecular weight is 257 g/mol. The molecule has 0 rings (SSSR count). The van der Waals surface area contributed by atoms with E-state index in [1.807, 2.05) is 0 Å². The van der Waals surface area contributed by atoms with E-state index in [4.69, 9.17) is 11.6 Å². The van der Waals surface area contributed by atoms with Crippen LogP contribution in [0.15, 0.2) is 0 Å². The van der Waals surface area contributed by atoms with E-state index < -0.39 is 18.0 Å². The van der Waals surface area contributed by atoms with Crippen molar-refractivity contribution in [2.24, 2.45) is 0 Å². The van der Waals surface area contributed by atoms with Gasteiger partial charge in [-0.1, -0.05) is 11.6 Å². The Labute approximate surface area is 79.9 Å². The molecule has 0 aromatic heterocycles. The fourth-order valence-corrected chi connectivity index (χ4v) is 0.596. The quantitative estimate of drug-likeness (QED) is 0.348. The summed E-state index contributed by atoms with van der Waals surface area (Å²) in [6.45, 7) is 0. The highest BCUT2D eigenvalue weighted by atomic mass is 35.5. The van der Waals surface area contributed by atoms with E-state index in [9.17, 15) is 13.2 Å². The minimum Gasteiger partial charge on any atom is -1.00 e. The maximum Gasteiger partial charge on any atom is 0.293 e. The van der Waals surface area contributed by atoms with E-state index in [1.165, 1.54) is 0 Å². The lowest BCUT2D eigenvalue weighted by molar-refractivity contribution is -0.0423. The lowest BCUT2D eigenvalue weighted by Crippen LogP contribution is -3.00. The third kappa shape index (κ3) is 12.1. The van der Waals surface area contributed by atoms with Crippen LogP contribution in [0.25, 0.3) is 0 Å². The number of hydrogen-bond donors (Lipinski definition) is 0. The van der Waals surface area contributed by atoms with Gasteiger partial charge in [-0.2, -0.15) is 0 Å². The minimum atomic E-state index is -3.48. The predicted molar refractivity (Wildman–Crippen MR) is 31.0 cm³/mol. The van der Waals surface area contributed by atoms with Gasteiger partial charge < -0.3 is 18.8 Å². The molecule has 0 N–H and O–H groups in total. The molecule has 0 spiro atoms. The van der Waals surface area contributed by atoms with Crippen molar-refractivity contribution in [2.45, 2.75) is 18.0 Å². The summed E-state index contributed by atoms with van der Waals surface area (Å²) in [5.74, 6) is -3.77. The van der Waals surface area contributed by atoms with Gasteiger partial charge in [0.2, 0.25) is 5.63 Å². The monoisotopic (exact) mass is 256 g/mol. The maximum atomic E-state index is 12.0. The molecule has 0 heterocycles. The predicted octanol–water partition coefficient (Wildman–Crippen LogP) is -9.20. The van der Waals surface area contributed by atoms with E-state index in [0.717, 1.165) is 0 Å².